The summed E-state index contributed by atoms with van der Waals surface area (Å²) in [6.45, 7) is 6.61. The SMILES string of the molecule is CCCCN(CC)S(=O)(=O)c1ccc(C(=O)Nc2nc3c(s2)CN(C)CC3)cc1. The van der Waals surface area contributed by atoms with E-state index in [0.29, 0.717) is 23.8 Å². The van der Waals surface area contributed by atoms with Crippen molar-refractivity contribution in [1.82, 2.24) is 14.2 Å². The number of likely N-dealkylation sites (N-methyl/N-ethyl adjacent to an activating group) is 1. The van der Waals surface area contributed by atoms with Gasteiger partial charge in [0, 0.05) is 43.0 Å². The van der Waals surface area contributed by atoms with Gasteiger partial charge in [0.1, 0.15) is 0 Å². The molecule has 1 N–H and O–H groups in total. The van der Waals surface area contributed by atoms with E-state index in [0.717, 1.165) is 38.0 Å². The van der Waals surface area contributed by atoms with Crippen molar-refractivity contribution in [2.45, 2.75) is 44.6 Å². The molecule has 29 heavy (non-hydrogen) atoms. The topological polar surface area (TPSA) is 82.6 Å². The maximum atomic E-state index is 12.8. The Bertz CT molecular complexity index is 955. The van der Waals surface area contributed by atoms with Gasteiger partial charge >= 0.3 is 0 Å². The van der Waals surface area contributed by atoms with Gasteiger partial charge < -0.3 is 4.90 Å². The van der Waals surface area contributed by atoms with Crippen molar-refractivity contribution in [3.05, 3.63) is 40.4 Å². The van der Waals surface area contributed by atoms with E-state index in [2.05, 4.69) is 22.2 Å². The standard InChI is InChI=1S/C20H28N4O3S2/c1-4-6-12-24(5-2)29(26,27)16-9-7-15(8-10-16)19(25)22-20-21-17-11-13-23(3)14-18(17)28-20/h7-10H,4-6,11-14H2,1-3H3,(H,21,22,25). The van der Waals surface area contributed by atoms with Crippen LogP contribution in [0.2, 0.25) is 0 Å². The number of nitrogens with zero attached hydrogens (tertiary/aromatic N) is 3. The smallest absolute Gasteiger partial charge is 0.257 e. The minimum atomic E-state index is -3.55. The Morgan fingerprint density at radius 1 is 1.28 bits per heavy atom. The lowest BCUT2D eigenvalue weighted by molar-refractivity contribution is 0.102. The van der Waals surface area contributed by atoms with E-state index in [-0.39, 0.29) is 10.8 Å². The van der Waals surface area contributed by atoms with Gasteiger partial charge in [0.25, 0.3) is 5.91 Å². The number of nitrogens with one attached hydrogen (secondary N) is 1. The third kappa shape index (κ3) is 5.03. The largest absolute Gasteiger partial charge is 0.301 e. The first-order valence-corrected chi connectivity index (χ1v) is 12.2. The summed E-state index contributed by atoms with van der Waals surface area (Å²) in [5.74, 6) is -0.285. The number of carbonyl (C=O) groups excluding carboxylic acids is 1. The zero-order valence-electron chi connectivity index (χ0n) is 17.1. The van der Waals surface area contributed by atoms with Crippen LogP contribution in [-0.4, -0.2) is 55.2 Å². The molecule has 3 rings (SSSR count). The maximum Gasteiger partial charge on any atom is 0.257 e. The molecule has 0 saturated carbocycles. The van der Waals surface area contributed by atoms with Crippen molar-refractivity contribution in [2.24, 2.45) is 0 Å². The zero-order valence-corrected chi connectivity index (χ0v) is 18.8. The number of thiazole rings is 1. The Kier molecular flexibility index (Phi) is 7.05. The Morgan fingerprint density at radius 2 is 2.00 bits per heavy atom. The first-order chi connectivity index (χ1) is 13.8. The van der Waals surface area contributed by atoms with E-state index in [1.54, 1.807) is 12.1 Å². The first kappa shape index (κ1) is 21.9. The quantitative estimate of drug-likeness (QED) is 0.687. The summed E-state index contributed by atoms with van der Waals surface area (Å²) in [6, 6.07) is 6.11. The Morgan fingerprint density at radius 3 is 2.66 bits per heavy atom. The zero-order chi connectivity index (χ0) is 21.0. The van der Waals surface area contributed by atoms with Gasteiger partial charge in [-0.05, 0) is 37.7 Å². The number of anilines is 1. The lowest BCUT2D eigenvalue weighted by Crippen LogP contribution is -2.31. The van der Waals surface area contributed by atoms with E-state index in [1.807, 2.05) is 13.8 Å². The third-order valence-electron chi connectivity index (χ3n) is 5.01. The van der Waals surface area contributed by atoms with E-state index in [1.165, 1.54) is 32.7 Å². The van der Waals surface area contributed by atoms with Gasteiger partial charge in [0.05, 0.1) is 10.6 Å². The van der Waals surface area contributed by atoms with Gasteiger partial charge in [-0.15, -0.1) is 11.3 Å². The van der Waals surface area contributed by atoms with Crippen molar-refractivity contribution in [2.75, 3.05) is 32.0 Å². The fraction of sp³-hybridized carbons (Fsp3) is 0.500. The Balaban J connectivity index is 1.70. The van der Waals surface area contributed by atoms with Crippen LogP contribution in [0.1, 0.15) is 47.6 Å². The maximum absolute atomic E-state index is 12.8. The molecule has 0 fully saturated rings. The molecule has 0 radical (unpaired) electrons. The van der Waals surface area contributed by atoms with Gasteiger partial charge in [0.15, 0.2) is 5.13 Å². The van der Waals surface area contributed by atoms with Crippen LogP contribution >= 0.6 is 11.3 Å². The Hall–Kier alpha value is -1.81. The van der Waals surface area contributed by atoms with Gasteiger partial charge in [-0.1, -0.05) is 20.3 Å². The monoisotopic (exact) mass is 436 g/mol. The molecule has 0 atom stereocenters. The lowest BCUT2D eigenvalue weighted by atomic mass is 10.2. The number of sulfonamides is 1. The number of carbonyl (C=O) groups is 1. The molecule has 7 nitrogen and oxygen atoms in total. The number of hydrogen-bond donors (Lipinski definition) is 1. The normalized spacial score (nSPS) is 14.8. The highest BCUT2D eigenvalue weighted by Crippen LogP contribution is 2.28. The summed E-state index contributed by atoms with van der Waals surface area (Å²) in [5, 5.41) is 3.43. The van der Waals surface area contributed by atoms with Crippen LogP contribution in [0.4, 0.5) is 5.13 Å². The molecule has 1 aromatic carbocycles. The second kappa shape index (κ2) is 9.34. The van der Waals surface area contributed by atoms with Crippen LogP contribution in [0.3, 0.4) is 0 Å². The van der Waals surface area contributed by atoms with Crippen molar-refractivity contribution >= 4 is 32.4 Å². The van der Waals surface area contributed by atoms with Crippen LogP contribution in [0.15, 0.2) is 29.2 Å². The number of unbranched alkanes of at least 4 members (excludes halogenated alkanes) is 1. The Labute approximate surface area is 176 Å². The molecule has 0 aliphatic carbocycles. The minimum Gasteiger partial charge on any atom is -0.301 e. The third-order valence-corrected chi connectivity index (χ3v) is 8.00. The van der Waals surface area contributed by atoms with Crippen LogP contribution < -0.4 is 5.32 Å². The number of benzene rings is 1. The van der Waals surface area contributed by atoms with Crippen molar-refractivity contribution in [1.29, 1.82) is 0 Å². The van der Waals surface area contributed by atoms with E-state index < -0.39 is 10.0 Å². The number of aromatic nitrogens is 1. The molecule has 9 heteroatoms. The summed E-state index contributed by atoms with van der Waals surface area (Å²) < 4.78 is 27.1. The second-order valence-corrected chi connectivity index (χ2v) is 10.2. The first-order valence-electron chi connectivity index (χ1n) is 9.93. The second-order valence-electron chi connectivity index (χ2n) is 7.21. The molecule has 0 bridgehead atoms. The summed E-state index contributed by atoms with van der Waals surface area (Å²) in [7, 11) is -1.48. The van der Waals surface area contributed by atoms with Gasteiger partial charge in [-0.3, -0.25) is 10.1 Å². The van der Waals surface area contributed by atoms with Crippen LogP contribution in [-0.2, 0) is 23.0 Å². The number of rotatable bonds is 8. The number of hydrogen-bond acceptors (Lipinski definition) is 6. The highest BCUT2D eigenvalue weighted by Gasteiger charge is 2.23. The molecule has 0 spiro atoms. The molecule has 2 aromatic rings. The van der Waals surface area contributed by atoms with E-state index >= 15 is 0 Å². The molecular formula is C20H28N4O3S2. The fourth-order valence-electron chi connectivity index (χ4n) is 3.26. The molecule has 0 saturated heterocycles. The predicted octanol–water partition coefficient (Wildman–Crippen LogP) is 3.19. The summed E-state index contributed by atoms with van der Waals surface area (Å²) in [5.41, 5.74) is 1.46. The molecule has 1 aliphatic heterocycles. The molecular weight excluding hydrogens is 408 g/mol. The highest BCUT2D eigenvalue weighted by molar-refractivity contribution is 7.89. The van der Waals surface area contributed by atoms with Crippen LogP contribution in [0.5, 0.6) is 0 Å². The summed E-state index contributed by atoms with van der Waals surface area (Å²) >= 11 is 1.50. The van der Waals surface area contributed by atoms with E-state index in [9.17, 15) is 13.2 Å². The molecule has 0 unspecified atom stereocenters. The minimum absolute atomic E-state index is 0.208. The molecule has 158 valence electrons. The predicted molar refractivity (Wildman–Crippen MR) is 116 cm³/mol. The molecule has 1 aliphatic rings. The van der Waals surface area contributed by atoms with Crippen LogP contribution in [0, 0.1) is 0 Å². The number of fused-ring (bicyclic) bond motifs is 1. The molecule has 1 aromatic heterocycles. The fourth-order valence-corrected chi connectivity index (χ4v) is 5.83. The van der Waals surface area contributed by atoms with Crippen LogP contribution in [0.25, 0.3) is 0 Å². The number of amides is 1. The van der Waals surface area contributed by atoms with E-state index in [4.69, 9.17) is 0 Å². The average molecular weight is 437 g/mol. The summed E-state index contributed by atoms with van der Waals surface area (Å²) in [6.07, 6.45) is 2.64. The molecule has 2 heterocycles. The highest BCUT2D eigenvalue weighted by atomic mass is 32.2. The average Bonchev–Trinajstić information content (AvgIpc) is 3.09. The summed E-state index contributed by atoms with van der Waals surface area (Å²) in [4.78, 5) is 20.7. The van der Waals surface area contributed by atoms with Gasteiger partial charge in [-0.25, -0.2) is 13.4 Å². The van der Waals surface area contributed by atoms with Crippen molar-refractivity contribution in [3.63, 3.8) is 0 Å². The van der Waals surface area contributed by atoms with Crippen molar-refractivity contribution < 1.29 is 13.2 Å². The van der Waals surface area contributed by atoms with Crippen molar-refractivity contribution in [3.8, 4) is 0 Å². The van der Waals surface area contributed by atoms with Gasteiger partial charge in [0.2, 0.25) is 10.0 Å². The van der Waals surface area contributed by atoms with Gasteiger partial charge in [-0.2, -0.15) is 4.31 Å². The molecule has 1 amide bonds. The lowest BCUT2D eigenvalue weighted by Gasteiger charge is -2.20.